The van der Waals surface area contributed by atoms with Crippen LogP contribution in [-0.4, -0.2) is 48.6 Å². The molecule has 0 radical (unpaired) electrons. The van der Waals surface area contributed by atoms with Gasteiger partial charge in [-0.1, -0.05) is 19.1 Å². The Balaban J connectivity index is 1.91. The Morgan fingerprint density at radius 1 is 1.43 bits per heavy atom. The second-order valence-corrected chi connectivity index (χ2v) is 5.88. The number of nitrogens with zero attached hydrogens (tertiary/aromatic N) is 2. The maximum Gasteiger partial charge on any atom is 0.416 e. The van der Waals surface area contributed by atoms with Crippen LogP contribution >= 0.6 is 0 Å². The number of benzene rings is 1. The van der Waals surface area contributed by atoms with Crippen molar-refractivity contribution < 1.29 is 18.0 Å². The number of urea groups is 1. The number of rotatable bonds is 4. The van der Waals surface area contributed by atoms with Crippen LogP contribution in [0.25, 0.3) is 0 Å². The van der Waals surface area contributed by atoms with E-state index in [2.05, 4.69) is 17.1 Å². The molecule has 1 aromatic rings. The molecule has 4 nitrogen and oxygen atoms in total. The molecule has 0 saturated carbocycles. The quantitative estimate of drug-likeness (QED) is 0.922. The van der Waals surface area contributed by atoms with Gasteiger partial charge < -0.3 is 15.1 Å². The molecule has 1 heterocycles. The van der Waals surface area contributed by atoms with Gasteiger partial charge in [0.1, 0.15) is 0 Å². The van der Waals surface area contributed by atoms with Gasteiger partial charge in [0.15, 0.2) is 0 Å². The molecule has 0 aromatic heterocycles. The Morgan fingerprint density at radius 3 is 2.78 bits per heavy atom. The van der Waals surface area contributed by atoms with E-state index < -0.39 is 11.7 Å². The number of halogens is 3. The monoisotopic (exact) mass is 329 g/mol. The average Bonchev–Trinajstić information content (AvgIpc) is 2.94. The Hall–Kier alpha value is -1.76. The molecule has 7 heteroatoms. The fourth-order valence-corrected chi connectivity index (χ4v) is 2.71. The van der Waals surface area contributed by atoms with Crippen molar-refractivity contribution in [1.82, 2.24) is 15.1 Å². The van der Waals surface area contributed by atoms with Crippen LogP contribution < -0.4 is 5.32 Å². The number of amides is 2. The minimum atomic E-state index is -4.37. The third kappa shape index (κ3) is 4.86. The summed E-state index contributed by atoms with van der Waals surface area (Å²) in [6, 6.07) is 4.91. The molecule has 0 unspecified atom stereocenters. The number of alkyl halides is 3. The summed E-state index contributed by atoms with van der Waals surface area (Å²) < 4.78 is 38.1. The summed E-state index contributed by atoms with van der Waals surface area (Å²) in [5.74, 6) is 0. The largest absolute Gasteiger partial charge is 0.416 e. The van der Waals surface area contributed by atoms with Gasteiger partial charge >= 0.3 is 12.2 Å². The summed E-state index contributed by atoms with van der Waals surface area (Å²) in [5.41, 5.74) is -0.239. The van der Waals surface area contributed by atoms with Crippen molar-refractivity contribution in [2.24, 2.45) is 0 Å². The lowest BCUT2D eigenvalue weighted by atomic mass is 10.1. The van der Waals surface area contributed by atoms with E-state index in [0.717, 1.165) is 38.2 Å². The van der Waals surface area contributed by atoms with E-state index in [1.807, 2.05) is 0 Å². The Bertz CT molecular complexity index is 548. The fourth-order valence-electron chi connectivity index (χ4n) is 2.71. The summed E-state index contributed by atoms with van der Waals surface area (Å²) in [7, 11) is 1.59. The minimum absolute atomic E-state index is 0.103. The van der Waals surface area contributed by atoms with Crippen molar-refractivity contribution in [3.8, 4) is 0 Å². The van der Waals surface area contributed by atoms with Gasteiger partial charge in [-0.3, -0.25) is 0 Å². The highest BCUT2D eigenvalue weighted by molar-refractivity contribution is 5.74. The SMILES string of the molecule is CCN1CC[C@H](NC(=O)N(C)Cc2cccc(C(F)(F)F)c2)C1. The topological polar surface area (TPSA) is 35.6 Å². The number of hydrogen-bond donors (Lipinski definition) is 1. The average molecular weight is 329 g/mol. The van der Waals surface area contributed by atoms with Crippen molar-refractivity contribution >= 4 is 6.03 Å². The summed E-state index contributed by atoms with van der Waals surface area (Å²) in [6.45, 7) is 4.94. The second kappa shape index (κ2) is 7.21. The highest BCUT2D eigenvalue weighted by atomic mass is 19.4. The number of likely N-dealkylation sites (tertiary alicyclic amines) is 1. The predicted molar refractivity (Wildman–Crippen MR) is 82.0 cm³/mol. The van der Waals surface area contributed by atoms with Crippen molar-refractivity contribution in [2.45, 2.75) is 32.1 Å². The summed E-state index contributed by atoms with van der Waals surface area (Å²) in [4.78, 5) is 15.8. The maximum atomic E-state index is 12.7. The van der Waals surface area contributed by atoms with Crippen molar-refractivity contribution in [2.75, 3.05) is 26.7 Å². The highest BCUT2D eigenvalue weighted by Crippen LogP contribution is 2.29. The third-order valence-electron chi connectivity index (χ3n) is 4.07. The Morgan fingerprint density at radius 2 is 2.17 bits per heavy atom. The smallest absolute Gasteiger partial charge is 0.334 e. The lowest BCUT2D eigenvalue weighted by Crippen LogP contribution is -2.43. The molecule has 1 atom stereocenters. The molecule has 2 rings (SSSR count). The number of nitrogens with one attached hydrogen (secondary N) is 1. The van der Waals surface area contributed by atoms with E-state index in [9.17, 15) is 18.0 Å². The lowest BCUT2D eigenvalue weighted by molar-refractivity contribution is -0.137. The van der Waals surface area contributed by atoms with Crippen LogP contribution in [0.1, 0.15) is 24.5 Å². The molecule has 0 bridgehead atoms. The van der Waals surface area contributed by atoms with E-state index in [0.29, 0.717) is 5.56 Å². The molecular formula is C16H22F3N3O. The van der Waals surface area contributed by atoms with Crippen LogP contribution in [0.4, 0.5) is 18.0 Å². The zero-order valence-corrected chi connectivity index (χ0v) is 13.4. The van der Waals surface area contributed by atoms with Crippen LogP contribution in [0.3, 0.4) is 0 Å². The second-order valence-electron chi connectivity index (χ2n) is 5.88. The summed E-state index contributed by atoms with van der Waals surface area (Å²) in [5, 5.41) is 2.93. The molecule has 0 spiro atoms. The van der Waals surface area contributed by atoms with Gasteiger partial charge in [-0.05, 0) is 30.7 Å². The molecular weight excluding hydrogens is 307 g/mol. The van der Waals surface area contributed by atoms with Crippen LogP contribution in [0.2, 0.25) is 0 Å². The van der Waals surface area contributed by atoms with Crippen LogP contribution in [0.5, 0.6) is 0 Å². The number of carbonyl (C=O) groups excluding carboxylic acids is 1. The number of hydrogen-bond acceptors (Lipinski definition) is 2. The van der Waals surface area contributed by atoms with E-state index in [-0.39, 0.29) is 18.6 Å². The van der Waals surface area contributed by atoms with E-state index >= 15 is 0 Å². The van der Waals surface area contributed by atoms with E-state index in [1.165, 1.54) is 11.0 Å². The third-order valence-corrected chi connectivity index (χ3v) is 4.07. The van der Waals surface area contributed by atoms with Crippen molar-refractivity contribution in [1.29, 1.82) is 0 Å². The molecule has 2 amide bonds. The summed E-state index contributed by atoms with van der Waals surface area (Å²) >= 11 is 0. The van der Waals surface area contributed by atoms with Gasteiger partial charge in [-0.25, -0.2) is 4.79 Å². The molecule has 128 valence electrons. The van der Waals surface area contributed by atoms with Crippen LogP contribution in [-0.2, 0) is 12.7 Å². The molecule has 23 heavy (non-hydrogen) atoms. The first kappa shape index (κ1) is 17.6. The fraction of sp³-hybridized carbons (Fsp3) is 0.562. The zero-order valence-electron chi connectivity index (χ0n) is 13.4. The molecule has 1 aliphatic rings. The molecule has 1 saturated heterocycles. The molecule has 1 aliphatic heterocycles. The van der Waals surface area contributed by atoms with Gasteiger partial charge in [0, 0.05) is 32.7 Å². The first-order valence-electron chi connectivity index (χ1n) is 7.69. The van der Waals surface area contributed by atoms with E-state index in [1.54, 1.807) is 13.1 Å². The first-order chi connectivity index (χ1) is 10.8. The van der Waals surface area contributed by atoms with Gasteiger partial charge in [-0.15, -0.1) is 0 Å². The maximum absolute atomic E-state index is 12.7. The molecule has 1 N–H and O–H groups in total. The summed E-state index contributed by atoms with van der Waals surface area (Å²) in [6.07, 6.45) is -3.47. The normalized spacial score (nSPS) is 18.9. The Labute approximate surface area is 134 Å². The zero-order chi connectivity index (χ0) is 17.0. The van der Waals surface area contributed by atoms with Gasteiger partial charge in [-0.2, -0.15) is 13.2 Å². The first-order valence-corrected chi connectivity index (χ1v) is 7.69. The van der Waals surface area contributed by atoms with E-state index in [4.69, 9.17) is 0 Å². The molecule has 1 aromatic carbocycles. The number of likely N-dealkylation sites (N-methyl/N-ethyl adjacent to an activating group) is 1. The van der Waals surface area contributed by atoms with Gasteiger partial charge in [0.05, 0.1) is 5.56 Å². The Kier molecular flexibility index (Phi) is 5.51. The molecule has 1 fully saturated rings. The minimum Gasteiger partial charge on any atom is -0.334 e. The van der Waals surface area contributed by atoms with Crippen LogP contribution in [0.15, 0.2) is 24.3 Å². The highest BCUT2D eigenvalue weighted by Gasteiger charge is 2.30. The van der Waals surface area contributed by atoms with Gasteiger partial charge in [0.25, 0.3) is 0 Å². The predicted octanol–water partition coefficient (Wildman–Crippen LogP) is 2.94. The van der Waals surface area contributed by atoms with Crippen LogP contribution in [0, 0.1) is 0 Å². The number of carbonyl (C=O) groups is 1. The molecule has 0 aliphatic carbocycles. The van der Waals surface area contributed by atoms with Gasteiger partial charge in [0.2, 0.25) is 0 Å². The lowest BCUT2D eigenvalue weighted by Gasteiger charge is -2.22. The van der Waals surface area contributed by atoms with Crippen molar-refractivity contribution in [3.05, 3.63) is 35.4 Å². The van der Waals surface area contributed by atoms with Crippen molar-refractivity contribution in [3.63, 3.8) is 0 Å². The standard InChI is InChI=1S/C16H22F3N3O/c1-3-22-8-7-14(11-22)20-15(23)21(2)10-12-5-4-6-13(9-12)16(17,18)19/h4-6,9,14H,3,7-8,10-11H2,1-2H3,(H,20,23)/t14-/m0/s1.